The van der Waals surface area contributed by atoms with Crippen LogP contribution in [0.2, 0.25) is 0 Å². The number of nitrogens with zero attached hydrogens (tertiary/aromatic N) is 1. The van der Waals surface area contributed by atoms with Crippen molar-refractivity contribution < 1.29 is 14.6 Å². The summed E-state index contributed by atoms with van der Waals surface area (Å²) in [6.45, 7) is 1.46. The van der Waals surface area contributed by atoms with Crippen LogP contribution < -0.4 is 0 Å². The summed E-state index contributed by atoms with van der Waals surface area (Å²) in [5, 5.41) is 17.6. The molecular formula is C11H15FNO2. The maximum Gasteiger partial charge on any atom is 0.131 e. The SMILES string of the molecule is OCCN(CCO)Cc1[c]c(F)ccc1. The summed E-state index contributed by atoms with van der Waals surface area (Å²) in [5.41, 5.74) is 0.719. The molecule has 0 saturated carbocycles. The van der Waals surface area contributed by atoms with Crippen molar-refractivity contribution in [2.75, 3.05) is 26.3 Å². The first-order valence-electron chi connectivity index (χ1n) is 4.87. The second-order valence-electron chi connectivity index (χ2n) is 3.25. The lowest BCUT2D eigenvalue weighted by atomic mass is 10.2. The van der Waals surface area contributed by atoms with Crippen molar-refractivity contribution >= 4 is 0 Å². The van der Waals surface area contributed by atoms with Crippen molar-refractivity contribution in [3.05, 3.63) is 35.6 Å². The van der Waals surface area contributed by atoms with Crippen LogP contribution in [0.3, 0.4) is 0 Å². The van der Waals surface area contributed by atoms with E-state index < -0.39 is 0 Å². The Hall–Kier alpha value is -0.970. The molecule has 0 unspecified atom stereocenters. The molecule has 0 spiro atoms. The topological polar surface area (TPSA) is 43.7 Å². The molecule has 15 heavy (non-hydrogen) atoms. The van der Waals surface area contributed by atoms with Gasteiger partial charge in [0.1, 0.15) is 5.82 Å². The lowest BCUT2D eigenvalue weighted by molar-refractivity contribution is 0.155. The van der Waals surface area contributed by atoms with Crippen molar-refractivity contribution in [3.8, 4) is 0 Å². The number of aliphatic hydroxyl groups is 2. The number of benzene rings is 1. The minimum Gasteiger partial charge on any atom is -0.395 e. The van der Waals surface area contributed by atoms with Gasteiger partial charge >= 0.3 is 0 Å². The van der Waals surface area contributed by atoms with Crippen LogP contribution in [-0.2, 0) is 6.54 Å². The van der Waals surface area contributed by atoms with E-state index in [-0.39, 0.29) is 19.0 Å². The summed E-state index contributed by atoms with van der Waals surface area (Å²) in [5.74, 6) is -0.388. The van der Waals surface area contributed by atoms with Crippen LogP contribution in [0.1, 0.15) is 5.56 Å². The van der Waals surface area contributed by atoms with Gasteiger partial charge in [0, 0.05) is 25.7 Å². The first-order chi connectivity index (χ1) is 7.26. The van der Waals surface area contributed by atoms with E-state index in [4.69, 9.17) is 10.2 Å². The van der Waals surface area contributed by atoms with Gasteiger partial charge in [-0.25, -0.2) is 4.39 Å². The maximum atomic E-state index is 12.8. The van der Waals surface area contributed by atoms with Gasteiger partial charge in [-0.15, -0.1) is 0 Å². The van der Waals surface area contributed by atoms with Crippen molar-refractivity contribution in [1.82, 2.24) is 4.90 Å². The standard InChI is InChI=1S/C11H15FNO2/c12-11-3-1-2-10(8-11)9-13(4-6-14)5-7-15/h1-3,14-15H,4-7,9H2. The molecule has 1 aromatic rings. The third-order valence-corrected chi connectivity index (χ3v) is 2.05. The van der Waals surface area contributed by atoms with Gasteiger partial charge in [0.05, 0.1) is 13.2 Å². The van der Waals surface area contributed by atoms with Crippen molar-refractivity contribution in [2.45, 2.75) is 6.54 Å². The smallest absolute Gasteiger partial charge is 0.131 e. The molecule has 0 aliphatic heterocycles. The van der Waals surface area contributed by atoms with E-state index in [2.05, 4.69) is 6.07 Å². The van der Waals surface area contributed by atoms with Gasteiger partial charge in [-0.2, -0.15) is 0 Å². The Kier molecular flexibility index (Phi) is 5.25. The maximum absolute atomic E-state index is 12.8. The number of aliphatic hydroxyl groups excluding tert-OH is 2. The quantitative estimate of drug-likeness (QED) is 0.718. The van der Waals surface area contributed by atoms with Crippen molar-refractivity contribution in [2.24, 2.45) is 0 Å². The lowest BCUT2D eigenvalue weighted by Crippen LogP contribution is -2.29. The summed E-state index contributed by atoms with van der Waals surface area (Å²) in [7, 11) is 0. The van der Waals surface area contributed by atoms with E-state index in [1.165, 1.54) is 6.07 Å². The fraction of sp³-hybridized carbons (Fsp3) is 0.455. The van der Waals surface area contributed by atoms with E-state index in [1.807, 2.05) is 4.90 Å². The second-order valence-corrected chi connectivity index (χ2v) is 3.25. The molecule has 0 saturated heterocycles. The van der Waals surface area contributed by atoms with Gasteiger partial charge in [-0.05, 0) is 11.6 Å². The van der Waals surface area contributed by atoms with Crippen LogP contribution in [0.4, 0.5) is 4.39 Å². The highest BCUT2D eigenvalue weighted by molar-refractivity contribution is 5.14. The molecule has 0 amide bonds. The fourth-order valence-corrected chi connectivity index (χ4v) is 1.37. The highest BCUT2D eigenvalue weighted by atomic mass is 19.1. The second kappa shape index (κ2) is 6.50. The molecule has 0 heterocycles. The summed E-state index contributed by atoms with van der Waals surface area (Å²) >= 11 is 0. The molecule has 0 aliphatic carbocycles. The third kappa shape index (κ3) is 4.38. The number of rotatable bonds is 6. The Morgan fingerprint density at radius 1 is 1.20 bits per heavy atom. The first kappa shape index (κ1) is 12.1. The monoisotopic (exact) mass is 212 g/mol. The zero-order valence-electron chi connectivity index (χ0n) is 8.49. The van der Waals surface area contributed by atoms with Crippen molar-refractivity contribution in [1.29, 1.82) is 0 Å². The van der Waals surface area contributed by atoms with E-state index in [9.17, 15) is 4.39 Å². The molecule has 2 N–H and O–H groups in total. The minimum atomic E-state index is -0.388. The molecule has 0 bridgehead atoms. The molecule has 1 aromatic carbocycles. The van der Waals surface area contributed by atoms with Crippen LogP contribution in [0.5, 0.6) is 0 Å². The first-order valence-corrected chi connectivity index (χ1v) is 4.87. The molecule has 4 heteroatoms. The summed E-state index contributed by atoms with van der Waals surface area (Å²) in [6, 6.07) is 7.31. The molecule has 1 radical (unpaired) electrons. The molecule has 0 aromatic heterocycles. The normalized spacial score (nSPS) is 10.9. The number of hydrogen-bond acceptors (Lipinski definition) is 3. The van der Waals surface area contributed by atoms with Crippen LogP contribution in [0, 0.1) is 11.9 Å². The highest BCUT2D eigenvalue weighted by Crippen LogP contribution is 2.05. The van der Waals surface area contributed by atoms with Crippen molar-refractivity contribution in [3.63, 3.8) is 0 Å². The van der Waals surface area contributed by atoms with E-state index in [0.29, 0.717) is 19.6 Å². The number of hydrogen-bond donors (Lipinski definition) is 2. The largest absolute Gasteiger partial charge is 0.395 e. The summed E-state index contributed by atoms with van der Waals surface area (Å²) in [6.07, 6.45) is 0. The Labute approximate surface area is 88.8 Å². The molecule has 0 aliphatic rings. The summed E-state index contributed by atoms with van der Waals surface area (Å²) < 4.78 is 12.8. The van der Waals surface area contributed by atoms with Gasteiger partial charge < -0.3 is 10.2 Å². The highest BCUT2D eigenvalue weighted by Gasteiger charge is 2.05. The van der Waals surface area contributed by atoms with E-state index in [1.54, 1.807) is 12.1 Å². The molecule has 1 rings (SSSR count). The minimum absolute atomic E-state index is 0.0231. The van der Waals surface area contributed by atoms with Crippen LogP contribution in [-0.4, -0.2) is 41.4 Å². The summed E-state index contributed by atoms with van der Waals surface area (Å²) in [4.78, 5) is 1.84. The average molecular weight is 212 g/mol. The van der Waals surface area contributed by atoms with Gasteiger partial charge in [0.2, 0.25) is 0 Å². The Morgan fingerprint density at radius 2 is 1.87 bits per heavy atom. The van der Waals surface area contributed by atoms with Gasteiger partial charge in [0.25, 0.3) is 0 Å². The van der Waals surface area contributed by atoms with E-state index >= 15 is 0 Å². The zero-order chi connectivity index (χ0) is 11.1. The van der Waals surface area contributed by atoms with E-state index in [0.717, 1.165) is 5.56 Å². The zero-order valence-corrected chi connectivity index (χ0v) is 8.49. The number of halogens is 1. The van der Waals surface area contributed by atoms with Crippen LogP contribution >= 0.6 is 0 Å². The predicted molar refractivity (Wildman–Crippen MR) is 54.7 cm³/mol. The van der Waals surface area contributed by atoms with Crippen LogP contribution in [0.15, 0.2) is 18.2 Å². The molecule has 3 nitrogen and oxygen atoms in total. The molecule has 0 fully saturated rings. The van der Waals surface area contributed by atoms with Gasteiger partial charge in [-0.3, -0.25) is 4.90 Å². The van der Waals surface area contributed by atoms with Gasteiger partial charge in [0.15, 0.2) is 0 Å². The third-order valence-electron chi connectivity index (χ3n) is 2.05. The molecule has 0 atom stereocenters. The van der Waals surface area contributed by atoms with Gasteiger partial charge in [-0.1, -0.05) is 12.1 Å². The Balaban J connectivity index is 2.56. The predicted octanol–water partition coefficient (Wildman–Crippen LogP) is 0.412. The Morgan fingerprint density at radius 3 is 2.40 bits per heavy atom. The molecular weight excluding hydrogens is 197 g/mol. The average Bonchev–Trinajstić information content (AvgIpc) is 2.18. The molecule has 83 valence electrons. The fourth-order valence-electron chi connectivity index (χ4n) is 1.37. The lowest BCUT2D eigenvalue weighted by Gasteiger charge is -2.19. The van der Waals surface area contributed by atoms with Crippen LogP contribution in [0.25, 0.3) is 0 Å². The Bertz CT molecular complexity index is 288.